The number of fused-ring (bicyclic) bond motifs is 1. The number of halogens is 1. The third kappa shape index (κ3) is 3.47. The van der Waals surface area contributed by atoms with Crippen molar-refractivity contribution in [2.24, 2.45) is 0 Å². The van der Waals surface area contributed by atoms with E-state index in [2.05, 4.69) is 10.3 Å². The topological polar surface area (TPSA) is 54.1 Å². The highest BCUT2D eigenvalue weighted by Crippen LogP contribution is 2.18. The van der Waals surface area contributed by atoms with Gasteiger partial charge in [-0.15, -0.1) is 0 Å². The molecule has 4 nitrogen and oxygen atoms in total. The summed E-state index contributed by atoms with van der Waals surface area (Å²) in [6.45, 7) is 5.43. The molecular weight excluding hydrogens is 247 g/mol. The quantitative estimate of drug-likeness (QED) is 0.874. The van der Waals surface area contributed by atoms with Gasteiger partial charge in [-0.25, -0.2) is 9.18 Å². The van der Waals surface area contributed by atoms with Crippen molar-refractivity contribution in [3.8, 4) is 0 Å². The number of amides is 1. The van der Waals surface area contributed by atoms with E-state index in [1.807, 2.05) is 6.07 Å². The molecular formula is C14H17FN2O2. The largest absolute Gasteiger partial charge is 0.444 e. The van der Waals surface area contributed by atoms with Gasteiger partial charge in [0, 0.05) is 23.8 Å². The van der Waals surface area contributed by atoms with Crippen LogP contribution in [0.1, 0.15) is 26.3 Å². The molecule has 5 heteroatoms. The Morgan fingerprint density at radius 3 is 2.84 bits per heavy atom. The smallest absolute Gasteiger partial charge is 0.407 e. The SMILES string of the molecule is CC(C)(C)OC(=O)NCc1cc2cc[nH]c2cc1F. The normalized spacial score (nSPS) is 11.6. The number of aromatic nitrogens is 1. The average Bonchev–Trinajstić information content (AvgIpc) is 2.70. The Kier molecular flexibility index (Phi) is 3.46. The van der Waals surface area contributed by atoms with Crippen molar-refractivity contribution in [2.45, 2.75) is 32.9 Å². The Morgan fingerprint density at radius 1 is 1.42 bits per heavy atom. The molecule has 0 aliphatic carbocycles. The average molecular weight is 264 g/mol. The maximum absolute atomic E-state index is 13.8. The summed E-state index contributed by atoms with van der Waals surface area (Å²) in [5.74, 6) is -0.356. The van der Waals surface area contributed by atoms with Crippen LogP contribution >= 0.6 is 0 Å². The molecule has 2 N–H and O–H groups in total. The van der Waals surface area contributed by atoms with Crippen LogP contribution < -0.4 is 5.32 Å². The molecule has 0 saturated carbocycles. The highest BCUT2D eigenvalue weighted by atomic mass is 19.1. The molecule has 1 aromatic heterocycles. The number of H-pyrrole nitrogens is 1. The van der Waals surface area contributed by atoms with Crippen molar-refractivity contribution in [1.29, 1.82) is 0 Å². The first-order valence-corrected chi connectivity index (χ1v) is 6.07. The van der Waals surface area contributed by atoms with Gasteiger partial charge in [0.05, 0.1) is 0 Å². The minimum atomic E-state index is -0.562. The molecule has 0 radical (unpaired) electrons. The van der Waals surface area contributed by atoms with E-state index in [4.69, 9.17) is 4.74 Å². The van der Waals surface area contributed by atoms with Crippen molar-refractivity contribution in [3.63, 3.8) is 0 Å². The molecule has 0 spiro atoms. The van der Waals surface area contributed by atoms with Gasteiger partial charge in [0.1, 0.15) is 11.4 Å². The van der Waals surface area contributed by atoms with E-state index >= 15 is 0 Å². The number of alkyl carbamates (subject to hydrolysis) is 1. The molecule has 2 aromatic rings. The van der Waals surface area contributed by atoms with Crippen molar-refractivity contribution >= 4 is 17.0 Å². The van der Waals surface area contributed by atoms with E-state index in [0.29, 0.717) is 5.56 Å². The van der Waals surface area contributed by atoms with Gasteiger partial charge in [-0.2, -0.15) is 0 Å². The Labute approximate surface area is 111 Å². The number of hydrogen-bond acceptors (Lipinski definition) is 2. The fraction of sp³-hybridized carbons (Fsp3) is 0.357. The molecule has 0 atom stereocenters. The Hall–Kier alpha value is -2.04. The van der Waals surface area contributed by atoms with Crippen molar-refractivity contribution < 1.29 is 13.9 Å². The summed E-state index contributed by atoms with van der Waals surface area (Å²) in [7, 11) is 0. The Morgan fingerprint density at radius 2 is 2.16 bits per heavy atom. The van der Waals surface area contributed by atoms with E-state index in [9.17, 15) is 9.18 Å². The second-order valence-corrected chi connectivity index (χ2v) is 5.36. The number of nitrogens with one attached hydrogen (secondary N) is 2. The van der Waals surface area contributed by atoms with Crippen LogP contribution in [0, 0.1) is 5.82 Å². The van der Waals surface area contributed by atoms with Crippen molar-refractivity contribution in [1.82, 2.24) is 10.3 Å². The summed E-state index contributed by atoms with van der Waals surface area (Å²) < 4.78 is 18.9. The van der Waals surface area contributed by atoms with Crippen LogP contribution in [0.3, 0.4) is 0 Å². The van der Waals surface area contributed by atoms with Gasteiger partial charge in [0.2, 0.25) is 0 Å². The minimum absolute atomic E-state index is 0.0991. The number of hydrogen-bond donors (Lipinski definition) is 2. The number of carbonyl (C=O) groups is 1. The molecule has 0 unspecified atom stereocenters. The minimum Gasteiger partial charge on any atom is -0.444 e. The summed E-state index contributed by atoms with van der Waals surface area (Å²) in [4.78, 5) is 14.4. The van der Waals surface area contributed by atoms with Gasteiger partial charge < -0.3 is 15.0 Å². The van der Waals surface area contributed by atoms with E-state index in [-0.39, 0.29) is 12.4 Å². The Balaban J connectivity index is 2.05. The van der Waals surface area contributed by atoms with E-state index in [1.54, 1.807) is 33.0 Å². The second kappa shape index (κ2) is 4.91. The lowest BCUT2D eigenvalue weighted by molar-refractivity contribution is 0.0523. The highest BCUT2D eigenvalue weighted by molar-refractivity contribution is 5.80. The summed E-state index contributed by atoms with van der Waals surface area (Å²) >= 11 is 0. The zero-order valence-electron chi connectivity index (χ0n) is 11.2. The molecule has 1 heterocycles. The first-order valence-electron chi connectivity index (χ1n) is 6.07. The monoisotopic (exact) mass is 264 g/mol. The lowest BCUT2D eigenvalue weighted by Crippen LogP contribution is -2.32. The van der Waals surface area contributed by atoms with Crippen LogP contribution in [0.2, 0.25) is 0 Å². The molecule has 1 aromatic carbocycles. The van der Waals surface area contributed by atoms with Gasteiger partial charge in [0.25, 0.3) is 0 Å². The fourth-order valence-corrected chi connectivity index (χ4v) is 1.74. The van der Waals surface area contributed by atoms with Crippen molar-refractivity contribution in [2.75, 3.05) is 0 Å². The standard InChI is InChI=1S/C14H17FN2O2/c1-14(2,3)19-13(18)17-8-10-6-9-4-5-16-12(9)7-11(10)15/h4-7,16H,8H2,1-3H3,(H,17,18). The van der Waals surface area contributed by atoms with Crippen LogP contribution in [0.5, 0.6) is 0 Å². The van der Waals surface area contributed by atoms with Crippen LogP contribution in [0.25, 0.3) is 10.9 Å². The number of aromatic amines is 1. The number of ether oxygens (including phenoxy) is 1. The first-order chi connectivity index (χ1) is 8.85. The lowest BCUT2D eigenvalue weighted by Gasteiger charge is -2.19. The van der Waals surface area contributed by atoms with Crippen LogP contribution in [0.15, 0.2) is 24.4 Å². The second-order valence-electron chi connectivity index (χ2n) is 5.36. The van der Waals surface area contributed by atoms with Crippen LogP contribution in [-0.4, -0.2) is 16.7 Å². The van der Waals surface area contributed by atoms with Gasteiger partial charge in [-0.05, 0) is 44.4 Å². The van der Waals surface area contributed by atoms with E-state index in [0.717, 1.165) is 10.9 Å². The molecule has 0 aliphatic rings. The van der Waals surface area contributed by atoms with Gasteiger partial charge in [-0.3, -0.25) is 0 Å². The predicted octanol–water partition coefficient (Wildman–Crippen LogP) is 3.33. The molecule has 0 aliphatic heterocycles. The maximum Gasteiger partial charge on any atom is 0.407 e. The summed E-state index contributed by atoms with van der Waals surface area (Å²) in [6.07, 6.45) is 1.19. The molecule has 19 heavy (non-hydrogen) atoms. The molecule has 1 amide bonds. The number of carbonyl (C=O) groups excluding carboxylic acids is 1. The zero-order chi connectivity index (χ0) is 14.0. The number of rotatable bonds is 2. The van der Waals surface area contributed by atoms with Crippen LogP contribution in [0.4, 0.5) is 9.18 Å². The molecule has 0 bridgehead atoms. The summed E-state index contributed by atoms with van der Waals surface area (Å²) in [5, 5.41) is 3.45. The summed E-state index contributed by atoms with van der Waals surface area (Å²) in [5.41, 5.74) is 0.601. The van der Waals surface area contributed by atoms with Gasteiger partial charge in [-0.1, -0.05) is 0 Å². The number of benzene rings is 1. The fourth-order valence-electron chi connectivity index (χ4n) is 1.74. The van der Waals surface area contributed by atoms with Gasteiger partial charge in [0.15, 0.2) is 0 Å². The van der Waals surface area contributed by atoms with E-state index < -0.39 is 11.7 Å². The summed E-state index contributed by atoms with van der Waals surface area (Å²) in [6, 6.07) is 4.98. The third-order valence-corrected chi connectivity index (χ3v) is 2.54. The molecule has 0 saturated heterocycles. The van der Waals surface area contributed by atoms with E-state index in [1.165, 1.54) is 6.07 Å². The highest BCUT2D eigenvalue weighted by Gasteiger charge is 2.16. The van der Waals surface area contributed by atoms with Gasteiger partial charge >= 0.3 is 6.09 Å². The predicted molar refractivity (Wildman–Crippen MR) is 71.3 cm³/mol. The lowest BCUT2D eigenvalue weighted by atomic mass is 10.1. The maximum atomic E-state index is 13.8. The third-order valence-electron chi connectivity index (χ3n) is 2.54. The molecule has 102 valence electrons. The van der Waals surface area contributed by atoms with Crippen molar-refractivity contribution in [3.05, 3.63) is 35.8 Å². The zero-order valence-corrected chi connectivity index (χ0v) is 11.2. The van der Waals surface area contributed by atoms with Crippen LogP contribution in [-0.2, 0) is 11.3 Å². The first kappa shape index (κ1) is 13.4. The Bertz CT molecular complexity index is 599. The molecule has 2 rings (SSSR count). The molecule has 0 fully saturated rings.